The van der Waals surface area contributed by atoms with Crippen LogP contribution in [0.4, 0.5) is 0 Å². The van der Waals surface area contributed by atoms with E-state index in [0.717, 1.165) is 5.69 Å². The molecule has 0 aliphatic heterocycles. The van der Waals surface area contributed by atoms with Gasteiger partial charge in [0, 0.05) is 16.9 Å². The summed E-state index contributed by atoms with van der Waals surface area (Å²) in [5.41, 5.74) is 4.77. The second kappa shape index (κ2) is 5.59. The fourth-order valence-electron chi connectivity index (χ4n) is 2.25. The lowest BCUT2D eigenvalue weighted by Gasteiger charge is -2.07. The van der Waals surface area contributed by atoms with Gasteiger partial charge in [-0.05, 0) is 11.1 Å². The zero-order chi connectivity index (χ0) is 13.9. The molecule has 3 aromatic rings. The van der Waals surface area contributed by atoms with Gasteiger partial charge < -0.3 is 0 Å². The van der Waals surface area contributed by atoms with Crippen LogP contribution >= 0.6 is 11.3 Å². The van der Waals surface area contributed by atoms with Crippen molar-refractivity contribution in [3.63, 3.8) is 0 Å². The highest BCUT2D eigenvalue weighted by atomic mass is 32.1. The highest BCUT2D eigenvalue weighted by Gasteiger charge is 2.11. The molecule has 0 amide bonds. The number of nitrogens with zero attached hydrogens (tertiary/aromatic N) is 1. The SMILES string of the molecule is CC(C)c1nc(-c2ccccc2-c2ccccc2)cs1. The van der Waals surface area contributed by atoms with Gasteiger partial charge in [-0.1, -0.05) is 68.4 Å². The molecule has 0 aliphatic rings. The van der Waals surface area contributed by atoms with Crippen LogP contribution in [0.1, 0.15) is 24.8 Å². The molecule has 1 heterocycles. The van der Waals surface area contributed by atoms with Gasteiger partial charge in [0.1, 0.15) is 0 Å². The number of hydrogen-bond donors (Lipinski definition) is 0. The quantitative estimate of drug-likeness (QED) is 0.608. The lowest BCUT2D eigenvalue weighted by molar-refractivity contribution is 0.854. The molecule has 2 heteroatoms. The van der Waals surface area contributed by atoms with Gasteiger partial charge in [0.15, 0.2) is 0 Å². The molecule has 0 saturated heterocycles. The Bertz CT molecular complexity index is 698. The molecule has 0 aliphatic carbocycles. The van der Waals surface area contributed by atoms with Crippen LogP contribution in [-0.4, -0.2) is 4.98 Å². The smallest absolute Gasteiger partial charge is 0.0958 e. The van der Waals surface area contributed by atoms with Gasteiger partial charge in [0.2, 0.25) is 0 Å². The normalized spacial score (nSPS) is 10.9. The third kappa shape index (κ3) is 2.52. The Morgan fingerprint density at radius 2 is 1.50 bits per heavy atom. The summed E-state index contributed by atoms with van der Waals surface area (Å²) in [5, 5.41) is 3.36. The Morgan fingerprint density at radius 1 is 0.850 bits per heavy atom. The summed E-state index contributed by atoms with van der Waals surface area (Å²) in [6, 6.07) is 19.0. The van der Waals surface area contributed by atoms with Crippen molar-refractivity contribution in [3.05, 3.63) is 65.0 Å². The molecule has 3 rings (SSSR count). The average molecular weight is 279 g/mol. The lowest BCUT2D eigenvalue weighted by Crippen LogP contribution is -1.88. The van der Waals surface area contributed by atoms with Crippen molar-refractivity contribution in [2.75, 3.05) is 0 Å². The van der Waals surface area contributed by atoms with E-state index >= 15 is 0 Å². The molecule has 1 nitrogen and oxygen atoms in total. The molecule has 20 heavy (non-hydrogen) atoms. The largest absolute Gasteiger partial charge is 0.241 e. The first kappa shape index (κ1) is 13.1. The first-order chi connectivity index (χ1) is 9.75. The maximum absolute atomic E-state index is 4.78. The van der Waals surface area contributed by atoms with Gasteiger partial charge in [-0.2, -0.15) is 0 Å². The monoisotopic (exact) mass is 279 g/mol. The number of thiazole rings is 1. The Hall–Kier alpha value is -1.93. The molecule has 0 N–H and O–H groups in total. The van der Waals surface area contributed by atoms with E-state index in [0.29, 0.717) is 5.92 Å². The number of aromatic nitrogens is 1. The van der Waals surface area contributed by atoms with Crippen LogP contribution in [0.3, 0.4) is 0 Å². The summed E-state index contributed by atoms with van der Waals surface area (Å²) < 4.78 is 0. The first-order valence-corrected chi connectivity index (χ1v) is 7.74. The van der Waals surface area contributed by atoms with Crippen LogP contribution in [0.5, 0.6) is 0 Å². The second-order valence-corrected chi connectivity index (χ2v) is 6.03. The van der Waals surface area contributed by atoms with E-state index in [2.05, 4.69) is 67.8 Å². The maximum atomic E-state index is 4.78. The minimum atomic E-state index is 0.484. The highest BCUT2D eigenvalue weighted by molar-refractivity contribution is 7.10. The van der Waals surface area contributed by atoms with Crippen LogP contribution < -0.4 is 0 Å². The molecule has 0 unspecified atom stereocenters. The van der Waals surface area contributed by atoms with Gasteiger partial charge in [-0.25, -0.2) is 4.98 Å². The number of benzene rings is 2. The summed E-state index contributed by atoms with van der Waals surface area (Å²) >= 11 is 1.75. The lowest BCUT2D eigenvalue weighted by atomic mass is 9.98. The summed E-state index contributed by atoms with van der Waals surface area (Å²) in [5.74, 6) is 0.484. The molecule has 1 aromatic heterocycles. The first-order valence-electron chi connectivity index (χ1n) is 6.86. The average Bonchev–Trinajstić information content (AvgIpc) is 2.98. The van der Waals surface area contributed by atoms with E-state index in [1.165, 1.54) is 21.7 Å². The van der Waals surface area contributed by atoms with E-state index in [-0.39, 0.29) is 0 Å². The zero-order valence-electron chi connectivity index (χ0n) is 11.7. The predicted octanol–water partition coefficient (Wildman–Crippen LogP) is 5.60. The number of rotatable bonds is 3. The van der Waals surface area contributed by atoms with Crippen LogP contribution in [0.2, 0.25) is 0 Å². The van der Waals surface area contributed by atoms with Gasteiger partial charge >= 0.3 is 0 Å². The molecule has 0 atom stereocenters. The molecule has 0 fully saturated rings. The highest BCUT2D eigenvalue weighted by Crippen LogP contribution is 2.33. The second-order valence-electron chi connectivity index (χ2n) is 5.14. The summed E-state index contributed by atoms with van der Waals surface area (Å²) in [6.45, 7) is 4.37. The van der Waals surface area contributed by atoms with Gasteiger partial charge in [-0.3, -0.25) is 0 Å². The molecule has 2 aromatic carbocycles. The van der Waals surface area contributed by atoms with Crippen LogP contribution in [0.15, 0.2) is 60.0 Å². The summed E-state index contributed by atoms with van der Waals surface area (Å²) in [7, 11) is 0. The zero-order valence-corrected chi connectivity index (χ0v) is 12.5. The maximum Gasteiger partial charge on any atom is 0.0958 e. The van der Waals surface area contributed by atoms with Gasteiger partial charge in [0.25, 0.3) is 0 Å². The van der Waals surface area contributed by atoms with E-state index < -0.39 is 0 Å². The van der Waals surface area contributed by atoms with Crippen LogP contribution in [-0.2, 0) is 0 Å². The standard InChI is InChI=1S/C18H17NS/c1-13(2)18-19-17(12-20-18)16-11-7-6-10-15(16)14-8-4-3-5-9-14/h3-13H,1-2H3. The molecule has 100 valence electrons. The summed E-state index contributed by atoms with van der Waals surface area (Å²) in [4.78, 5) is 4.78. The van der Waals surface area contributed by atoms with Crippen molar-refractivity contribution in [2.24, 2.45) is 0 Å². The summed E-state index contributed by atoms with van der Waals surface area (Å²) in [6.07, 6.45) is 0. The molecule has 0 saturated carbocycles. The Morgan fingerprint density at radius 3 is 2.15 bits per heavy atom. The van der Waals surface area contributed by atoms with E-state index in [1.807, 2.05) is 6.07 Å². The number of hydrogen-bond acceptors (Lipinski definition) is 2. The van der Waals surface area contributed by atoms with E-state index in [4.69, 9.17) is 4.98 Å². The van der Waals surface area contributed by atoms with Crippen molar-refractivity contribution < 1.29 is 0 Å². The van der Waals surface area contributed by atoms with E-state index in [1.54, 1.807) is 11.3 Å². The third-order valence-electron chi connectivity index (χ3n) is 3.30. The molecule has 0 bridgehead atoms. The van der Waals surface area contributed by atoms with Crippen molar-refractivity contribution >= 4 is 11.3 Å². The molecule has 0 spiro atoms. The third-order valence-corrected chi connectivity index (χ3v) is 4.45. The van der Waals surface area contributed by atoms with Gasteiger partial charge in [-0.15, -0.1) is 11.3 Å². The predicted molar refractivity (Wildman–Crippen MR) is 87.1 cm³/mol. The van der Waals surface area contributed by atoms with Crippen molar-refractivity contribution in [1.82, 2.24) is 4.98 Å². The Kier molecular flexibility index (Phi) is 3.66. The topological polar surface area (TPSA) is 12.9 Å². The molecular formula is C18H17NS. The fourth-order valence-corrected chi connectivity index (χ4v) is 3.09. The van der Waals surface area contributed by atoms with Gasteiger partial charge in [0.05, 0.1) is 10.7 Å². The fraction of sp³-hybridized carbons (Fsp3) is 0.167. The Balaban J connectivity index is 2.10. The molecule has 0 radical (unpaired) electrons. The van der Waals surface area contributed by atoms with Crippen LogP contribution in [0, 0.1) is 0 Å². The minimum absolute atomic E-state index is 0.484. The van der Waals surface area contributed by atoms with Crippen molar-refractivity contribution in [1.29, 1.82) is 0 Å². The Labute approximate surface area is 124 Å². The van der Waals surface area contributed by atoms with Crippen molar-refractivity contribution in [3.8, 4) is 22.4 Å². The van der Waals surface area contributed by atoms with Crippen molar-refractivity contribution in [2.45, 2.75) is 19.8 Å². The van der Waals surface area contributed by atoms with Crippen LogP contribution in [0.25, 0.3) is 22.4 Å². The van der Waals surface area contributed by atoms with E-state index in [9.17, 15) is 0 Å². The molecular weight excluding hydrogens is 262 g/mol. The minimum Gasteiger partial charge on any atom is -0.241 e.